The fourth-order valence-electron chi connectivity index (χ4n) is 3.16. The van der Waals surface area contributed by atoms with E-state index in [1.54, 1.807) is 17.5 Å². The summed E-state index contributed by atoms with van der Waals surface area (Å²) in [5, 5.41) is 21.2. The third-order valence-electron chi connectivity index (χ3n) is 4.52. The van der Waals surface area contributed by atoms with Gasteiger partial charge in [0.1, 0.15) is 11.6 Å². The minimum atomic E-state index is -4.53. The van der Waals surface area contributed by atoms with Crippen molar-refractivity contribution in [2.45, 2.75) is 24.7 Å². The van der Waals surface area contributed by atoms with Crippen molar-refractivity contribution in [2.24, 2.45) is 0 Å². The maximum atomic E-state index is 13.7. The van der Waals surface area contributed by atoms with Crippen LogP contribution in [0.3, 0.4) is 0 Å². The maximum Gasteiger partial charge on any atom is 0.410 e. The molecule has 6 nitrogen and oxygen atoms in total. The Balaban J connectivity index is 1.65. The zero-order valence-corrected chi connectivity index (χ0v) is 16.1. The molecule has 3 N–H and O–H groups in total. The van der Waals surface area contributed by atoms with E-state index in [0.717, 1.165) is 9.56 Å². The number of carbonyl (C=O) groups is 1. The van der Waals surface area contributed by atoms with Crippen LogP contribution in [0.25, 0.3) is 0 Å². The van der Waals surface area contributed by atoms with Crippen LogP contribution in [0.15, 0.2) is 41.8 Å². The van der Waals surface area contributed by atoms with Crippen molar-refractivity contribution >= 4 is 40.4 Å². The molecule has 29 heavy (non-hydrogen) atoms. The molecule has 1 aliphatic heterocycles. The number of hydrogen-bond donors (Lipinski definition) is 3. The number of alkyl halides is 3. The number of hydrogen-bond acceptors (Lipinski definition) is 5. The smallest absolute Gasteiger partial charge is 0.410 e. The third kappa shape index (κ3) is 3.90. The van der Waals surface area contributed by atoms with Crippen molar-refractivity contribution in [3.8, 4) is 5.75 Å². The molecule has 0 bridgehead atoms. The first kappa shape index (κ1) is 19.6. The largest absolute Gasteiger partial charge is 0.506 e. The van der Waals surface area contributed by atoms with E-state index in [0.29, 0.717) is 0 Å². The molecule has 4 rings (SSSR count). The lowest BCUT2D eigenvalue weighted by Crippen LogP contribution is -2.35. The molecule has 0 unspecified atom stereocenters. The van der Waals surface area contributed by atoms with Gasteiger partial charge in [-0.15, -0.1) is 11.3 Å². The number of carbonyl (C=O) groups excluding carboxylic acids is 1. The number of aromatic hydroxyl groups is 1. The molecule has 0 saturated heterocycles. The van der Waals surface area contributed by atoms with E-state index < -0.39 is 24.2 Å². The number of anilines is 2. The second-order valence-electron chi connectivity index (χ2n) is 6.48. The number of phenols is 1. The van der Waals surface area contributed by atoms with E-state index in [9.17, 15) is 23.1 Å². The Morgan fingerprint density at radius 3 is 2.83 bits per heavy atom. The van der Waals surface area contributed by atoms with Gasteiger partial charge in [-0.05, 0) is 29.6 Å². The van der Waals surface area contributed by atoms with Crippen LogP contribution < -0.4 is 10.6 Å². The van der Waals surface area contributed by atoms with Crippen LogP contribution in [0.5, 0.6) is 5.75 Å². The summed E-state index contributed by atoms with van der Waals surface area (Å²) in [5.41, 5.74) is -0.182. The lowest BCUT2D eigenvalue weighted by atomic mass is 10.0. The zero-order valence-electron chi connectivity index (χ0n) is 14.6. The van der Waals surface area contributed by atoms with Crippen LogP contribution in [0.1, 0.15) is 33.9 Å². The number of thiophene rings is 1. The maximum absolute atomic E-state index is 13.7. The number of aromatic nitrogens is 2. The lowest BCUT2D eigenvalue weighted by Gasteiger charge is -2.32. The second kappa shape index (κ2) is 7.27. The average molecular weight is 443 g/mol. The molecule has 2 aromatic heterocycles. The Morgan fingerprint density at radius 2 is 2.14 bits per heavy atom. The predicted molar refractivity (Wildman–Crippen MR) is 104 cm³/mol. The standard InChI is InChI=1S/C18H14ClF3N4O2S/c19-9-3-4-13(27)10(6-9)24-17(28)12-8-16-23-11(14-2-1-5-29-14)7-15(18(20,21)22)26(16)25-12/h1-6,8,11,15,23,27H,7H2,(H,24,28)/t11-,15+/m1/s1. The van der Waals surface area contributed by atoms with Gasteiger partial charge in [-0.3, -0.25) is 4.79 Å². The molecule has 0 fully saturated rings. The molecule has 11 heteroatoms. The van der Waals surface area contributed by atoms with Crippen molar-refractivity contribution in [1.82, 2.24) is 9.78 Å². The van der Waals surface area contributed by atoms with Crippen LogP contribution in [0.4, 0.5) is 24.7 Å². The van der Waals surface area contributed by atoms with Crippen LogP contribution in [-0.2, 0) is 0 Å². The van der Waals surface area contributed by atoms with Crippen molar-refractivity contribution in [2.75, 3.05) is 10.6 Å². The van der Waals surface area contributed by atoms with Crippen LogP contribution in [-0.4, -0.2) is 27.0 Å². The number of halogens is 4. The monoisotopic (exact) mass is 442 g/mol. The molecule has 0 saturated carbocycles. The first-order valence-electron chi connectivity index (χ1n) is 8.48. The summed E-state index contributed by atoms with van der Waals surface area (Å²) in [7, 11) is 0. The summed E-state index contributed by atoms with van der Waals surface area (Å²) in [6.07, 6.45) is -4.77. The summed E-state index contributed by atoms with van der Waals surface area (Å²) < 4.78 is 41.8. The average Bonchev–Trinajstić information content (AvgIpc) is 3.32. The highest BCUT2D eigenvalue weighted by atomic mass is 35.5. The van der Waals surface area contributed by atoms with Gasteiger partial charge in [0.05, 0.1) is 11.7 Å². The Hall–Kier alpha value is -2.72. The molecule has 0 aliphatic carbocycles. The van der Waals surface area contributed by atoms with Crippen molar-refractivity contribution in [3.05, 3.63) is 57.4 Å². The molecular weight excluding hydrogens is 429 g/mol. The number of fused-ring (bicyclic) bond motifs is 1. The highest BCUT2D eigenvalue weighted by molar-refractivity contribution is 7.10. The van der Waals surface area contributed by atoms with Crippen LogP contribution in [0.2, 0.25) is 5.02 Å². The molecule has 3 heterocycles. The SMILES string of the molecule is O=C(Nc1cc(Cl)ccc1O)c1cc2n(n1)[C@H](C(F)(F)F)C[C@H](c1cccs1)N2. The van der Waals surface area contributed by atoms with Gasteiger partial charge < -0.3 is 15.7 Å². The van der Waals surface area contributed by atoms with Gasteiger partial charge in [-0.2, -0.15) is 18.3 Å². The van der Waals surface area contributed by atoms with E-state index >= 15 is 0 Å². The fourth-order valence-corrected chi connectivity index (χ4v) is 4.12. The number of nitrogens with zero attached hydrogens (tertiary/aromatic N) is 2. The number of benzene rings is 1. The van der Waals surface area contributed by atoms with Crippen LogP contribution >= 0.6 is 22.9 Å². The third-order valence-corrected chi connectivity index (χ3v) is 5.74. The summed E-state index contributed by atoms with van der Waals surface area (Å²) >= 11 is 7.20. The lowest BCUT2D eigenvalue weighted by molar-refractivity contribution is -0.173. The second-order valence-corrected chi connectivity index (χ2v) is 7.90. The van der Waals surface area contributed by atoms with Gasteiger partial charge in [0.15, 0.2) is 11.7 Å². The van der Waals surface area contributed by atoms with E-state index in [2.05, 4.69) is 15.7 Å². The molecule has 152 valence electrons. The highest BCUT2D eigenvalue weighted by Gasteiger charge is 2.47. The highest BCUT2D eigenvalue weighted by Crippen LogP contribution is 2.44. The van der Waals surface area contributed by atoms with Gasteiger partial charge in [0.25, 0.3) is 5.91 Å². The van der Waals surface area contributed by atoms with Gasteiger partial charge in [0.2, 0.25) is 0 Å². The first-order chi connectivity index (χ1) is 13.7. The fraction of sp³-hybridized carbons (Fsp3) is 0.222. The minimum Gasteiger partial charge on any atom is -0.506 e. The molecule has 0 spiro atoms. The van der Waals surface area contributed by atoms with Gasteiger partial charge in [0, 0.05) is 22.4 Å². The van der Waals surface area contributed by atoms with Crippen molar-refractivity contribution in [1.29, 1.82) is 0 Å². The number of rotatable bonds is 3. The summed E-state index contributed by atoms with van der Waals surface area (Å²) in [4.78, 5) is 13.3. The molecule has 2 atom stereocenters. The minimum absolute atomic E-state index is 0.0327. The van der Waals surface area contributed by atoms with E-state index in [-0.39, 0.29) is 34.4 Å². The molecular formula is C18H14ClF3N4O2S. The topological polar surface area (TPSA) is 79.2 Å². The van der Waals surface area contributed by atoms with Gasteiger partial charge in [-0.25, -0.2) is 4.68 Å². The van der Waals surface area contributed by atoms with Crippen molar-refractivity contribution < 1.29 is 23.1 Å². The van der Waals surface area contributed by atoms with E-state index in [4.69, 9.17) is 11.6 Å². The number of phenolic OH excluding ortho intramolecular Hbond substituents is 1. The summed E-state index contributed by atoms with van der Waals surface area (Å²) in [6, 6.07) is 6.44. The molecule has 1 aromatic carbocycles. The van der Waals surface area contributed by atoms with E-state index in [1.165, 1.54) is 35.6 Å². The molecule has 0 radical (unpaired) electrons. The Labute approximate surface area is 171 Å². The normalized spacial score (nSPS) is 18.8. The van der Waals surface area contributed by atoms with Crippen molar-refractivity contribution in [3.63, 3.8) is 0 Å². The summed E-state index contributed by atoms with van der Waals surface area (Å²) in [5.74, 6) is -0.895. The Bertz CT molecular complexity index is 1050. The molecule has 1 amide bonds. The number of nitrogens with one attached hydrogen (secondary N) is 2. The van der Waals surface area contributed by atoms with Gasteiger partial charge in [-0.1, -0.05) is 17.7 Å². The molecule has 1 aliphatic rings. The van der Waals surface area contributed by atoms with E-state index in [1.807, 2.05) is 0 Å². The van der Waals surface area contributed by atoms with Crippen LogP contribution in [0, 0.1) is 0 Å². The number of amides is 1. The summed E-state index contributed by atoms with van der Waals surface area (Å²) in [6.45, 7) is 0. The van der Waals surface area contributed by atoms with Gasteiger partial charge >= 0.3 is 6.18 Å². The molecule has 3 aromatic rings. The zero-order chi connectivity index (χ0) is 20.8. The first-order valence-corrected chi connectivity index (χ1v) is 9.74. The quantitative estimate of drug-likeness (QED) is 0.486. The predicted octanol–water partition coefficient (Wildman–Crippen LogP) is 5.22. The Kier molecular flexibility index (Phi) is 4.91. The Morgan fingerprint density at radius 1 is 1.34 bits per heavy atom.